The van der Waals surface area contributed by atoms with Crippen molar-refractivity contribution in [3.05, 3.63) is 20.8 Å². The van der Waals surface area contributed by atoms with Gasteiger partial charge in [-0.3, -0.25) is 4.79 Å². The minimum absolute atomic E-state index is 0.0466. The van der Waals surface area contributed by atoms with Gasteiger partial charge in [0.1, 0.15) is 0 Å². The third-order valence-corrected chi connectivity index (χ3v) is 6.18. The first-order chi connectivity index (χ1) is 8.94. The number of nitrogens with one attached hydrogen (secondary N) is 2. The Balaban J connectivity index is 1.78. The topological polar surface area (TPSA) is 75.3 Å². The van der Waals surface area contributed by atoms with E-state index in [2.05, 4.69) is 26.6 Å². The Morgan fingerprint density at radius 2 is 2.32 bits per heavy atom. The molecule has 0 bridgehead atoms. The predicted octanol–water partition coefficient (Wildman–Crippen LogP) is 0.904. The largest absolute Gasteiger partial charge is 0.351 e. The first-order valence-corrected chi connectivity index (χ1v) is 9.32. The van der Waals surface area contributed by atoms with Gasteiger partial charge >= 0.3 is 0 Å². The van der Waals surface area contributed by atoms with Crippen LogP contribution >= 0.6 is 27.3 Å². The van der Waals surface area contributed by atoms with Crippen molar-refractivity contribution < 1.29 is 13.2 Å². The highest BCUT2D eigenvalue weighted by Crippen LogP contribution is 2.21. The summed E-state index contributed by atoms with van der Waals surface area (Å²) in [6, 6.07) is 3.61. The summed E-state index contributed by atoms with van der Waals surface area (Å²) in [6.07, 6.45) is 0.200. The van der Waals surface area contributed by atoms with Crippen LogP contribution in [0.2, 0.25) is 0 Å². The van der Waals surface area contributed by atoms with Gasteiger partial charge in [-0.25, -0.2) is 8.42 Å². The molecular formula is C11H15BrN2O3S2. The lowest BCUT2D eigenvalue weighted by atomic mass is 10.2. The lowest BCUT2D eigenvalue weighted by Crippen LogP contribution is -2.47. The van der Waals surface area contributed by atoms with Crippen molar-refractivity contribution in [2.24, 2.45) is 0 Å². The molecule has 0 aliphatic carbocycles. The van der Waals surface area contributed by atoms with E-state index in [0.717, 1.165) is 8.66 Å². The lowest BCUT2D eigenvalue weighted by Gasteiger charge is -2.23. The van der Waals surface area contributed by atoms with E-state index in [9.17, 15) is 13.2 Å². The second-order valence-electron chi connectivity index (χ2n) is 4.45. The smallest absolute Gasteiger partial charge is 0.221 e. The first-order valence-electron chi connectivity index (χ1n) is 5.89. The minimum atomic E-state index is -2.99. The normalized spacial score (nSPS) is 22.1. The van der Waals surface area contributed by atoms with Crippen LogP contribution < -0.4 is 10.6 Å². The van der Waals surface area contributed by atoms with E-state index < -0.39 is 9.84 Å². The summed E-state index contributed by atoms with van der Waals surface area (Å²) in [4.78, 5) is 12.8. The second-order valence-corrected chi connectivity index (χ2v) is 9.23. The number of thiophene rings is 1. The van der Waals surface area contributed by atoms with Gasteiger partial charge in [0.2, 0.25) is 5.91 Å². The van der Waals surface area contributed by atoms with Gasteiger partial charge in [-0.1, -0.05) is 0 Å². The van der Waals surface area contributed by atoms with E-state index in [1.165, 1.54) is 0 Å². The monoisotopic (exact) mass is 366 g/mol. The second kappa shape index (κ2) is 6.34. The molecule has 1 aromatic rings. The van der Waals surface area contributed by atoms with Gasteiger partial charge in [0.15, 0.2) is 9.84 Å². The maximum Gasteiger partial charge on any atom is 0.221 e. The molecule has 19 heavy (non-hydrogen) atoms. The summed E-state index contributed by atoms with van der Waals surface area (Å²) in [5.74, 6) is 0.0818. The molecule has 0 radical (unpaired) electrons. The summed E-state index contributed by atoms with van der Waals surface area (Å²) < 4.78 is 23.9. The van der Waals surface area contributed by atoms with Gasteiger partial charge < -0.3 is 10.6 Å². The summed E-state index contributed by atoms with van der Waals surface area (Å²) in [5.41, 5.74) is 0. The number of amides is 1. The Kier molecular flexibility index (Phi) is 4.99. The standard InChI is InChI=1S/C11H15BrN2O3S2/c12-10-2-1-9(18-10)6-14-11(15)5-8-7-19(16,17)4-3-13-8/h1-2,8,13H,3-7H2,(H,14,15). The Bertz CT molecular complexity index is 556. The minimum Gasteiger partial charge on any atom is -0.351 e. The number of sulfone groups is 1. The quantitative estimate of drug-likeness (QED) is 0.830. The molecule has 1 saturated heterocycles. The van der Waals surface area contributed by atoms with E-state index in [-0.39, 0.29) is 29.9 Å². The van der Waals surface area contributed by atoms with Crippen LogP contribution in [-0.4, -0.2) is 38.4 Å². The molecule has 1 atom stereocenters. The third kappa shape index (κ3) is 4.87. The third-order valence-electron chi connectivity index (χ3n) is 2.82. The van der Waals surface area contributed by atoms with Gasteiger partial charge in [-0.15, -0.1) is 11.3 Å². The Morgan fingerprint density at radius 1 is 1.53 bits per heavy atom. The van der Waals surface area contributed by atoms with E-state index >= 15 is 0 Å². The molecule has 0 saturated carbocycles. The zero-order chi connectivity index (χ0) is 13.9. The summed E-state index contributed by atoms with van der Waals surface area (Å²) in [5, 5.41) is 5.87. The maximum absolute atomic E-state index is 11.7. The number of hydrogen-bond acceptors (Lipinski definition) is 5. The fourth-order valence-electron chi connectivity index (χ4n) is 1.93. The average molecular weight is 367 g/mol. The van der Waals surface area contributed by atoms with Crippen LogP contribution in [0.4, 0.5) is 0 Å². The van der Waals surface area contributed by atoms with Gasteiger partial charge in [-0.05, 0) is 28.1 Å². The number of carbonyl (C=O) groups is 1. The highest BCUT2D eigenvalue weighted by Gasteiger charge is 2.25. The molecule has 1 fully saturated rings. The van der Waals surface area contributed by atoms with Crippen LogP contribution in [0.15, 0.2) is 15.9 Å². The molecule has 5 nitrogen and oxygen atoms in total. The fourth-order valence-corrected chi connectivity index (χ4v) is 4.79. The summed E-state index contributed by atoms with van der Waals surface area (Å²) in [7, 11) is -2.99. The molecule has 1 aliphatic heterocycles. The maximum atomic E-state index is 11.7. The molecule has 1 unspecified atom stereocenters. The van der Waals surface area contributed by atoms with Crippen LogP contribution in [-0.2, 0) is 21.2 Å². The molecular weight excluding hydrogens is 352 g/mol. The van der Waals surface area contributed by atoms with Crippen molar-refractivity contribution in [3.8, 4) is 0 Å². The van der Waals surface area contributed by atoms with Crippen molar-refractivity contribution in [1.29, 1.82) is 0 Å². The van der Waals surface area contributed by atoms with Crippen LogP contribution in [0.5, 0.6) is 0 Å². The summed E-state index contributed by atoms with van der Waals surface area (Å²) >= 11 is 4.93. The molecule has 0 aromatic carbocycles. The summed E-state index contributed by atoms with van der Waals surface area (Å²) in [6.45, 7) is 0.909. The van der Waals surface area contributed by atoms with Gasteiger partial charge in [0.05, 0.1) is 21.8 Å². The van der Waals surface area contributed by atoms with Crippen molar-refractivity contribution >= 4 is 43.0 Å². The van der Waals surface area contributed by atoms with E-state index in [0.29, 0.717) is 13.1 Å². The average Bonchev–Trinajstić information content (AvgIpc) is 2.71. The van der Waals surface area contributed by atoms with Crippen molar-refractivity contribution in [3.63, 3.8) is 0 Å². The van der Waals surface area contributed by atoms with Crippen LogP contribution in [0.1, 0.15) is 11.3 Å². The van der Waals surface area contributed by atoms with Gasteiger partial charge in [-0.2, -0.15) is 0 Å². The molecule has 1 amide bonds. The van der Waals surface area contributed by atoms with Crippen LogP contribution in [0, 0.1) is 0 Å². The SMILES string of the molecule is O=C(CC1CS(=O)(=O)CCN1)NCc1ccc(Br)s1. The molecule has 1 aromatic heterocycles. The molecule has 0 spiro atoms. The van der Waals surface area contributed by atoms with Crippen molar-refractivity contribution in [1.82, 2.24) is 10.6 Å². The Morgan fingerprint density at radius 3 is 2.95 bits per heavy atom. The molecule has 2 N–H and O–H groups in total. The predicted molar refractivity (Wildman–Crippen MR) is 78.9 cm³/mol. The van der Waals surface area contributed by atoms with Crippen molar-refractivity contribution in [2.75, 3.05) is 18.1 Å². The molecule has 2 heterocycles. The molecule has 1 aliphatic rings. The van der Waals surface area contributed by atoms with E-state index in [1.807, 2.05) is 12.1 Å². The first kappa shape index (κ1) is 15.0. The highest BCUT2D eigenvalue weighted by molar-refractivity contribution is 9.11. The molecule has 106 valence electrons. The highest BCUT2D eigenvalue weighted by atomic mass is 79.9. The zero-order valence-corrected chi connectivity index (χ0v) is 13.4. The number of halogens is 1. The zero-order valence-electron chi connectivity index (χ0n) is 10.2. The Hall–Kier alpha value is -0.440. The fraction of sp³-hybridized carbons (Fsp3) is 0.545. The van der Waals surface area contributed by atoms with Gasteiger partial charge in [0.25, 0.3) is 0 Å². The molecule has 2 rings (SSSR count). The lowest BCUT2D eigenvalue weighted by molar-refractivity contribution is -0.121. The van der Waals surface area contributed by atoms with Gasteiger partial charge in [0, 0.05) is 23.9 Å². The number of rotatable bonds is 4. The van der Waals surface area contributed by atoms with Crippen LogP contribution in [0.3, 0.4) is 0 Å². The number of hydrogen-bond donors (Lipinski definition) is 2. The van der Waals surface area contributed by atoms with E-state index in [1.54, 1.807) is 11.3 Å². The Labute approximate surface area is 124 Å². The van der Waals surface area contributed by atoms with Crippen LogP contribution in [0.25, 0.3) is 0 Å². The van der Waals surface area contributed by atoms with Crippen molar-refractivity contribution in [2.45, 2.75) is 19.0 Å². The number of carbonyl (C=O) groups excluding carboxylic acids is 1. The molecule has 8 heteroatoms. The van der Waals surface area contributed by atoms with E-state index in [4.69, 9.17) is 0 Å².